The summed E-state index contributed by atoms with van der Waals surface area (Å²) in [5.74, 6) is 1.13. The maximum Gasteiger partial charge on any atom is 0.324 e. The minimum absolute atomic E-state index is 0.118. The van der Waals surface area contributed by atoms with Crippen molar-refractivity contribution in [1.29, 1.82) is 0 Å². The summed E-state index contributed by atoms with van der Waals surface area (Å²) in [5, 5.41) is 17.4. The molecule has 1 aliphatic rings. The molecule has 0 aliphatic carbocycles. The van der Waals surface area contributed by atoms with Crippen molar-refractivity contribution in [1.82, 2.24) is 24.6 Å². The SMILES string of the molecule is CCCCC1CN(C(=O)Nc2nc3c(-c4cnn(C)c4)ccc(OC)c3[nH]2)CCC1O. The van der Waals surface area contributed by atoms with Gasteiger partial charge in [-0.25, -0.2) is 9.78 Å². The lowest BCUT2D eigenvalue weighted by atomic mass is 9.90. The minimum atomic E-state index is -0.340. The number of hydrogen-bond acceptors (Lipinski definition) is 5. The van der Waals surface area contributed by atoms with Crippen LogP contribution < -0.4 is 10.1 Å². The number of H-pyrrole nitrogens is 1. The van der Waals surface area contributed by atoms with Crippen LogP contribution >= 0.6 is 0 Å². The number of ether oxygens (including phenoxy) is 1. The van der Waals surface area contributed by atoms with Gasteiger partial charge in [0.25, 0.3) is 0 Å². The molecule has 166 valence electrons. The lowest BCUT2D eigenvalue weighted by Gasteiger charge is -2.36. The number of fused-ring (bicyclic) bond motifs is 1. The van der Waals surface area contributed by atoms with Crippen LogP contribution in [-0.4, -0.2) is 62.1 Å². The quantitative estimate of drug-likeness (QED) is 0.560. The van der Waals surface area contributed by atoms with Gasteiger partial charge in [0.2, 0.25) is 5.95 Å². The highest BCUT2D eigenvalue weighted by Crippen LogP contribution is 2.34. The van der Waals surface area contributed by atoms with E-state index in [0.717, 1.165) is 30.4 Å². The van der Waals surface area contributed by atoms with Crippen LogP contribution in [-0.2, 0) is 7.05 Å². The number of anilines is 1. The van der Waals surface area contributed by atoms with E-state index in [2.05, 4.69) is 27.3 Å². The summed E-state index contributed by atoms with van der Waals surface area (Å²) in [4.78, 5) is 22.5. The molecular weight excluding hydrogens is 396 g/mol. The number of aryl methyl sites for hydroxylation is 1. The fourth-order valence-corrected chi connectivity index (χ4v) is 4.22. The predicted molar refractivity (Wildman–Crippen MR) is 119 cm³/mol. The number of hydrogen-bond donors (Lipinski definition) is 3. The van der Waals surface area contributed by atoms with E-state index in [4.69, 9.17) is 4.74 Å². The Bertz CT molecular complexity index is 1060. The topological polar surface area (TPSA) is 108 Å². The molecule has 1 fully saturated rings. The first kappa shape index (κ1) is 21.2. The van der Waals surface area contributed by atoms with Crippen molar-refractivity contribution in [2.24, 2.45) is 13.0 Å². The molecule has 1 aliphatic heterocycles. The van der Waals surface area contributed by atoms with Crippen LogP contribution in [0.15, 0.2) is 24.5 Å². The first-order valence-electron chi connectivity index (χ1n) is 10.8. The molecule has 3 N–H and O–H groups in total. The van der Waals surface area contributed by atoms with Gasteiger partial charge in [0.05, 0.1) is 19.4 Å². The third kappa shape index (κ3) is 4.36. The van der Waals surface area contributed by atoms with Gasteiger partial charge in [-0.3, -0.25) is 10.00 Å². The van der Waals surface area contributed by atoms with E-state index in [9.17, 15) is 9.90 Å². The number of methoxy groups -OCH3 is 1. The zero-order valence-electron chi connectivity index (χ0n) is 18.3. The molecule has 0 saturated carbocycles. The van der Waals surface area contributed by atoms with Crippen molar-refractivity contribution in [3.8, 4) is 16.9 Å². The van der Waals surface area contributed by atoms with E-state index >= 15 is 0 Å². The molecule has 9 heteroatoms. The number of likely N-dealkylation sites (tertiary alicyclic amines) is 1. The second-order valence-corrected chi connectivity index (χ2v) is 8.16. The van der Waals surface area contributed by atoms with E-state index in [0.29, 0.717) is 42.2 Å². The molecule has 0 bridgehead atoms. The monoisotopic (exact) mass is 426 g/mol. The zero-order valence-corrected chi connectivity index (χ0v) is 18.3. The average Bonchev–Trinajstić information content (AvgIpc) is 3.38. The van der Waals surface area contributed by atoms with E-state index in [1.165, 1.54) is 0 Å². The number of urea groups is 1. The summed E-state index contributed by atoms with van der Waals surface area (Å²) in [6.07, 6.45) is 7.02. The predicted octanol–water partition coefficient (Wildman–Crippen LogP) is 3.38. The number of aromatic amines is 1. The summed E-state index contributed by atoms with van der Waals surface area (Å²) < 4.78 is 7.22. The van der Waals surface area contributed by atoms with Crippen LogP contribution in [0.3, 0.4) is 0 Å². The van der Waals surface area contributed by atoms with E-state index in [1.54, 1.807) is 22.9 Å². The van der Waals surface area contributed by atoms with Crippen LogP contribution in [0.2, 0.25) is 0 Å². The second kappa shape index (κ2) is 8.97. The number of nitrogens with one attached hydrogen (secondary N) is 2. The Balaban J connectivity index is 1.56. The smallest absolute Gasteiger partial charge is 0.324 e. The van der Waals surface area contributed by atoms with Gasteiger partial charge in [0.1, 0.15) is 16.8 Å². The number of carbonyl (C=O) groups is 1. The molecule has 2 aromatic heterocycles. The number of unbranched alkanes of at least 4 members (excludes halogenated alkanes) is 1. The lowest BCUT2D eigenvalue weighted by Crippen LogP contribution is -2.47. The summed E-state index contributed by atoms with van der Waals surface area (Å²) in [5.41, 5.74) is 3.26. The van der Waals surface area contributed by atoms with Crippen molar-refractivity contribution in [3.05, 3.63) is 24.5 Å². The average molecular weight is 427 g/mol. The van der Waals surface area contributed by atoms with Crippen LogP contribution in [0.1, 0.15) is 32.6 Å². The van der Waals surface area contributed by atoms with Crippen LogP contribution in [0.5, 0.6) is 5.75 Å². The van der Waals surface area contributed by atoms with Crippen molar-refractivity contribution in [2.45, 2.75) is 38.7 Å². The van der Waals surface area contributed by atoms with E-state index in [-0.39, 0.29) is 18.1 Å². The lowest BCUT2D eigenvalue weighted by molar-refractivity contribution is 0.0372. The van der Waals surface area contributed by atoms with Gasteiger partial charge >= 0.3 is 6.03 Å². The van der Waals surface area contributed by atoms with Gasteiger partial charge in [-0.05, 0) is 25.0 Å². The number of nitrogens with zero attached hydrogens (tertiary/aromatic N) is 4. The van der Waals surface area contributed by atoms with Crippen LogP contribution in [0, 0.1) is 5.92 Å². The normalized spacial score (nSPS) is 19.0. The number of piperidine rings is 1. The van der Waals surface area contributed by atoms with Gasteiger partial charge in [0.15, 0.2) is 0 Å². The molecule has 1 aromatic carbocycles. The Labute approximate surface area is 181 Å². The highest BCUT2D eigenvalue weighted by atomic mass is 16.5. The van der Waals surface area contributed by atoms with Crippen molar-refractivity contribution in [3.63, 3.8) is 0 Å². The van der Waals surface area contributed by atoms with Gasteiger partial charge in [-0.2, -0.15) is 5.10 Å². The van der Waals surface area contributed by atoms with Gasteiger partial charge in [0, 0.05) is 43.4 Å². The van der Waals surface area contributed by atoms with Crippen LogP contribution in [0.4, 0.5) is 10.7 Å². The number of amides is 2. The molecule has 3 heterocycles. The number of aliphatic hydroxyl groups is 1. The molecule has 2 unspecified atom stereocenters. The molecule has 4 rings (SSSR count). The molecule has 2 atom stereocenters. The van der Waals surface area contributed by atoms with Crippen molar-refractivity contribution in [2.75, 3.05) is 25.5 Å². The van der Waals surface area contributed by atoms with Crippen molar-refractivity contribution < 1.29 is 14.6 Å². The number of rotatable bonds is 6. The standard InChI is InChI=1S/C22H30N6O3/c1-4-5-6-14-13-28(10-9-17(14)29)22(30)26-21-24-19-16(15-11-23-27(2)12-15)7-8-18(31-3)20(19)25-21/h7-8,11-12,14,17,29H,4-6,9-10,13H2,1-3H3,(H2,24,25,26,30). The second-order valence-electron chi connectivity index (χ2n) is 8.16. The maximum atomic E-state index is 12.9. The highest BCUT2D eigenvalue weighted by Gasteiger charge is 2.30. The minimum Gasteiger partial charge on any atom is -0.494 e. The molecule has 0 spiro atoms. The van der Waals surface area contributed by atoms with Gasteiger partial charge < -0.3 is 19.7 Å². The molecule has 0 radical (unpaired) electrons. The first-order valence-corrected chi connectivity index (χ1v) is 10.8. The maximum absolute atomic E-state index is 12.9. The number of benzene rings is 1. The molecule has 3 aromatic rings. The Morgan fingerprint density at radius 2 is 2.26 bits per heavy atom. The zero-order chi connectivity index (χ0) is 22.0. The van der Waals surface area contributed by atoms with Crippen molar-refractivity contribution >= 4 is 23.0 Å². The summed E-state index contributed by atoms with van der Waals surface area (Å²) in [6, 6.07) is 3.60. The Morgan fingerprint density at radius 3 is 2.97 bits per heavy atom. The van der Waals surface area contributed by atoms with E-state index in [1.807, 2.05) is 25.4 Å². The molecule has 1 saturated heterocycles. The molecular formula is C22H30N6O3. The number of imidazole rings is 1. The summed E-state index contributed by atoms with van der Waals surface area (Å²) in [7, 11) is 3.47. The molecule has 2 amide bonds. The Kier molecular flexibility index (Phi) is 6.13. The third-order valence-electron chi connectivity index (χ3n) is 5.98. The van der Waals surface area contributed by atoms with Crippen LogP contribution in [0.25, 0.3) is 22.2 Å². The number of carbonyl (C=O) groups excluding carboxylic acids is 1. The summed E-state index contributed by atoms with van der Waals surface area (Å²) >= 11 is 0. The highest BCUT2D eigenvalue weighted by molar-refractivity contribution is 5.98. The Hall–Kier alpha value is -3.07. The third-order valence-corrected chi connectivity index (χ3v) is 5.98. The largest absolute Gasteiger partial charge is 0.494 e. The van der Waals surface area contributed by atoms with Gasteiger partial charge in [-0.15, -0.1) is 0 Å². The molecule has 9 nitrogen and oxygen atoms in total. The number of aliphatic hydroxyl groups excluding tert-OH is 1. The number of aromatic nitrogens is 4. The summed E-state index contributed by atoms with van der Waals surface area (Å²) in [6.45, 7) is 3.22. The first-order chi connectivity index (χ1) is 15.0. The molecule has 31 heavy (non-hydrogen) atoms. The fraction of sp³-hybridized carbons (Fsp3) is 0.500. The Morgan fingerprint density at radius 1 is 1.42 bits per heavy atom. The van der Waals surface area contributed by atoms with E-state index < -0.39 is 0 Å². The fourth-order valence-electron chi connectivity index (χ4n) is 4.22. The van der Waals surface area contributed by atoms with Gasteiger partial charge in [-0.1, -0.05) is 19.8 Å².